The van der Waals surface area contributed by atoms with Gasteiger partial charge in [-0.25, -0.2) is 28.8 Å². The van der Waals surface area contributed by atoms with Crippen molar-refractivity contribution in [3.63, 3.8) is 0 Å². The van der Waals surface area contributed by atoms with Gasteiger partial charge in [0, 0.05) is 30.8 Å². The Morgan fingerprint density at radius 3 is 1.63 bits per heavy atom. The minimum absolute atomic E-state index is 0.0328. The molecule has 15 heteroatoms. The number of ether oxygens (including phenoxy) is 4. The molecule has 1 aliphatic rings. The Labute approximate surface area is 232 Å². The van der Waals surface area contributed by atoms with E-state index in [2.05, 4.69) is 13.7 Å². The van der Waals surface area contributed by atoms with Crippen LogP contribution in [0.5, 0.6) is 0 Å². The van der Waals surface area contributed by atoms with Gasteiger partial charge in [-0.1, -0.05) is 6.42 Å². The van der Waals surface area contributed by atoms with E-state index in [1.807, 2.05) is 0 Å². The second-order valence-corrected chi connectivity index (χ2v) is 8.80. The minimum Gasteiger partial charge on any atom is -0.459 e. The van der Waals surface area contributed by atoms with E-state index in [1.54, 1.807) is 0 Å². The lowest BCUT2D eigenvalue weighted by molar-refractivity contribution is -0.154. The summed E-state index contributed by atoms with van der Waals surface area (Å²) in [5, 5.41) is 0. The molecule has 1 unspecified atom stereocenters. The maximum Gasteiger partial charge on any atom is 0.519 e. The van der Waals surface area contributed by atoms with Crippen LogP contribution >= 0.6 is 0 Å². The van der Waals surface area contributed by atoms with Crippen LogP contribution in [0.25, 0.3) is 0 Å². The molecule has 41 heavy (non-hydrogen) atoms. The van der Waals surface area contributed by atoms with Gasteiger partial charge in [-0.2, -0.15) is 0 Å². The molecule has 0 aliphatic carbocycles. The minimum atomic E-state index is -0.931. The first kappa shape index (κ1) is 30.9. The first-order valence-corrected chi connectivity index (χ1v) is 12.6. The van der Waals surface area contributed by atoms with Crippen molar-refractivity contribution < 1.29 is 55.8 Å². The number of nitrogens with zero attached hydrogens (tertiary/aromatic N) is 1. The van der Waals surface area contributed by atoms with Crippen molar-refractivity contribution >= 4 is 23.9 Å². The van der Waals surface area contributed by atoms with Crippen LogP contribution in [-0.4, -0.2) is 61.1 Å². The van der Waals surface area contributed by atoms with Gasteiger partial charge in [-0.15, -0.1) is 0 Å². The molecule has 0 spiro atoms. The first-order chi connectivity index (χ1) is 19.6. The van der Waals surface area contributed by atoms with Gasteiger partial charge in [0.25, 0.3) is 0 Å². The van der Waals surface area contributed by atoms with Crippen molar-refractivity contribution in [3.8, 4) is 0 Å². The standard InChI is InChI=1S/C26H29NO14/c1-16-19(40-25(32)37-16)14-35-22(29)7-6-21(28)34-13-18(12-27-10-4-3-5-11-27)39-24(31)9-8-23(30)36-15-20-17(2)38-26(33)41-20/h6-9,18H,3-5,10-15H2,1-2H3/b7-6+,9-8+. The van der Waals surface area contributed by atoms with E-state index in [-0.39, 0.29) is 49.4 Å². The van der Waals surface area contributed by atoms with Crippen LogP contribution in [0.4, 0.5) is 0 Å². The number of hydrogen-bond acceptors (Lipinski definition) is 15. The Bertz CT molecular complexity index is 1380. The summed E-state index contributed by atoms with van der Waals surface area (Å²) in [6, 6.07) is 0. The van der Waals surface area contributed by atoms with Crippen LogP contribution in [-0.2, 0) is 51.3 Å². The summed E-state index contributed by atoms with van der Waals surface area (Å²) < 4.78 is 39.0. The zero-order chi connectivity index (χ0) is 29.8. The fourth-order valence-corrected chi connectivity index (χ4v) is 3.64. The fourth-order valence-electron chi connectivity index (χ4n) is 3.64. The average molecular weight is 580 g/mol. The zero-order valence-electron chi connectivity index (χ0n) is 22.4. The molecule has 222 valence electrons. The normalized spacial score (nSPS) is 14.7. The highest BCUT2D eigenvalue weighted by Crippen LogP contribution is 2.11. The van der Waals surface area contributed by atoms with Crippen LogP contribution in [0.2, 0.25) is 0 Å². The topological polar surface area (TPSA) is 195 Å². The highest BCUT2D eigenvalue weighted by Gasteiger charge is 2.21. The summed E-state index contributed by atoms with van der Waals surface area (Å²) in [5.74, 6) is -5.05. The molecule has 0 amide bonds. The lowest BCUT2D eigenvalue weighted by Gasteiger charge is -2.29. The quantitative estimate of drug-likeness (QED) is 0.187. The highest BCUT2D eigenvalue weighted by atomic mass is 16.6. The molecule has 3 rings (SSSR count). The lowest BCUT2D eigenvalue weighted by atomic mass is 10.1. The van der Waals surface area contributed by atoms with Crippen molar-refractivity contribution in [2.45, 2.75) is 52.4 Å². The fraction of sp³-hybridized carbons (Fsp3) is 0.462. The van der Waals surface area contributed by atoms with Gasteiger partial charge in [0.1, 0.15) is 12.7 Å². The molecule has 1 saturated heterocycles. The summed E-state index contributed by atoms with van der Waals surface area (Å²) in [5.41, 5.74) is 0. The van der Waals surface area contributed by atoms with Crippen molar-refractivity contribution in [2.24, 2.45) is 0 Å². The Kier molecular flexibility index (Phi) is 11.5. The van der Waals surface area contributed by atoms with E-state index >= 15 is 0 Å². The maximum atomic E-state index is 12.3. The highest BCUT2D eigenvalue weighted by molar-refractivity contribution is 5.92. The van der Waals surface area contributed by atoms with Gasteiger partial charge < -0.3 is 36.6 Å². The van der Waals surface area contributed by atoms with E-state index in [0.717, 1.165) is 56.7 Å². The van der Waals surface area contributed by atoms with E-state index in [0.29, 0.717) is 0 Å². The molecule has 0 radical (unpaired) electrons. The van der Waals surface area contributed by atoms with Crippen LogP contribution < -0.4 is 11.6 Å². The Morgan fingerprint density at radius 1 is 0.707 bits per heavy atom. The van der Waals surface area contributed by atoms with Crippen molar-refractivity contribution in [1.82, 2.24) is 4.90 Å². The SMILES string of the molecule is Cc1oc(=O)oc1COC(=O)/C=C/C(=O)OCC(CN1CCCCC1)OC(=O)/C=C/C(=O)OCc1oc(=O)oc1C. The molecule has 1 atom stereocenters. The molecule has 2 aromatic rings. The predicted molar refractivity (Wildman–Crippen MR) is 133 cm³/mol. The molecule has 1 aliphatic heterocycles. The molecule has 3 heterocycles. The number of carbonyl (C=O) groups is 4. The van der Waals surface area contributed by atoms with Crippen LogP contribution in [0.15, 0.2) is 51.6 Å². The molecule has 0 aromatic carbocycles. The Morgan fingerprint density at radius 2 is 1.17 bits per heavy atom. The van der Waals surface area contributed by atoms with Crippen molar-refractivity contribution in [2.75, 3.05) is 26.2 Å². The molecule has 0 saturated carbocycles. The summed E-state index contributed by atoms with van der Waals surface area (Å²) in [4.78, 5) is 72.4. The third-order valence-electron chi connectivity index (χ3n) is 5.68. The largest absolute Gasteiger partial charge is 0.519 e. The summed E-state index contributed by atoms with van der Waals surface area (Å²) >= 11 is 0. The third-order valence-corrected chi connectivity index (χ3v) is 5.68. The maximum absolute atomic E-state index is 12.3. The van der Waals surface area contributed by atoms with Gasteiger partial charge >= 0.3 is 35.5 Å². The van der Waals surface area contributed by atoms with Crippen LogP contribution in [0, 0.1) is 13.8 Å². The number of rotatable bonds is 13. The van der Waals surface area contributed by atoms with Crippen LogP contribution in [0.3, 0.4) is 0 Å². The van der Waals surface area contributed by atoms with Crippen molar-refractivity contribution in [1.29, 1.82) is 0 Å². The zero-order valence-corrected chi connectivity index (χ0v) is 22.4. The van der Waals surface area contributed by atoms with E-state index in [1.165, 1.54) is 13.8 Å². The number of piperidine rings is 1. The molecular weight excluding hydrogens is 550 g/mol. The molecule has 0 N–H and O–H groups in total. The number of esters is 4. The van der Waals surface area contributed by atoms with Crippen LogP contribution in [0.1, 0.15) is 42.3 Å². The summed E-state index contributed by atoms with van der Waals surface area (Å²) in [6.45, 7) is 3.68. The molecule has 15 nitrogen and oxygen atoms in total. The smallest absolute Gasteiger partial charge is 0.459 e. The number of likely N-dealkylation sites (tertiary alicyclic amines) is 1. The molecule has 2 aromatic heterocycles. The number of carbonyl (C=O) groups excluding carboxylic acids is 4. The number of aryl methyl sites for hydroxylation is 2. The Balaban J connectivity index is 1.48. The van der Waals surface area contributed by atoms with E-state index in [4.69, 9.17) is 27.8 Å². The van der Waals surface area contributed by atoms with Gasteiger partial charge in [-0.05, 0) is 39.8 Å². The monoisotopic (exact) mass is 579 g/mol. The average Bonchev–Trinajstić information content (AvgIpc) is 3.44. The van der Waals surface area contributed by atoms with Gasteiger partial charge in [0.2, 0.25) is 0 Å². The third kappa shape index (κ3) is 10.8. The lowest BCUT2D eigenvalue weighted by Crippen LogP contribution is -2.40. The molecule has 1 fully saturated rings. The van der Waals surface area contributed by atoms with E-state index < -0.39 is 41.6 Å². The van der Waals surface area contributed by atoms with Gasteiger partial charge in [-0.3, -0.25) is 4.90 Å². The summed E-state index contributed by atoms with van der Waals surface area (Å²) in [7, 11) is 0. The first-order valence-electron chi connectivity index (χ1n) is 12.6. The second kappa shape index (κ2) is 15.2. The van der Waals surface area contributed by atoms with Gasteiger partial charge in [0.15, 0.2) is 36.3 Å². The van der Waals surface area contributed by atoms with E-state index in [9.17, 15) is 28.8 Å². The summed E-state index contributed by atoms with van der Waals surface area (Å²) in [6.07, 6.45) is 5.49. The Hall–Kier alpha value is -4.66. The van der Waals surface area contributed by atoms with Crippen molar-refractivity contribution in [3.05, 3.63) is 68.6 Å². The van der Waals surface area contributed by atoms with Gasteiger partial charge in [0.05, 0.1) is 0 Å². The second-order valence-electron chi connectivity index (χ2n) is 8.80. The predicted octanol–water partition coefficient (Wildman–Crippen LogP) is 1.24. The number of hydrogen-bond donors (Lipinski definition) is 0. The molecular formula is C26H29NO14. The molecule has 0 bridgehead atoms.